The molecule has 0 saturated carbocycles. The number of unbranched alkanes of at least 4 members (excludes halogenated alkanes) is 1. The monoisotopic (exact) mass is 280 g/mol. The van der Waals surface area contributed by atoms with Crippen LogP contribution in [0, 0.1) is 0 Å². The fourth-order valence-corrected chi connectivity index (χ4v) is 1.86. The number of benzene rings is 1. The highest BCUT2D eigenvalue weighted by Crippen LogP contribution is 2.28. The summed E-state index contributed by atoms with van der Waals surface area (Å²) in [7, 11) is 0. The Morgan fingerprint density at radius 1 is 1.30 bits per heavy atom. The molecule has 0 saturated heterocycles. The second kappa shape index (κ2) is 9.37. The smallest absolute Gasteiger partial charge is 0.305 e. The number of aliphatic hydroxyl groups excluding tert-OH is 1. The zero-order chi connectivity index (χ0) is 14.8. The predicted molar refractivity (Wildman–Crippen MR) is 77.7 cm³/mol. The molecule has 1 aromatic rings. The lowest BCUT2D eigenvalue weighted by molar-refractivity contribution is -0.144. The van der Waals surface area contributed by atoms with Gasteiger partial charge in [0.05, 0.1) is 19.3 Å². The van der Waals surface area contributed by atoms with Crippen LogP contribution in [0.3, 0.4) is 0 Å². The number of carbonyl (C=O) groups is 1. The van der Waals surface area contributed by atoms with Gasteiger partial charge >= 0.3 is 5.97 Å². The topological polar surface area (TPSA) is 55.8 Å². The maximum atomic E-state index is 11.5. The summed E-state index contributed by atoms with van der Waals surface area (Å²) < 4.78 is 10.5. The van der Waals surface area contributed by atoms with Gasteiger partial charge in [0, 0.05) is 12.0 Å². The van der Waals surface area contributed by atoms with E-state index in [2.05, 4.69) is 0 Å². The molecule has 1 unspecified atom stereocenters. The van der Waals surface area contributed by atoms with Gasteiger partial charge in [-0.2, -0.15) is 0 Å². The zero-order valence-electron chi connectivity index (χ0n) is 12.3. The van der Waals surface area contributed by atoms with Gasteiger partial charge in [0.25, 0.3) is 0 Å². The fraction of sp³-hybridized carbons (Fsp3) is 0.562. The van der Waals surface area contributed by atoms with E-state index in [1.165, 1.54) is 0 Å². The number of hydrogen-bond donors (Lipinski definition) is 1. The molecule has 20 heavy (non-hydrogen) atoms. The molecule has 0 aliphatic rings. The van der Waals surface area contributed by atoms with Crippen LogP contribution in [0.25, 0.3) is 0 Å². The number of esters is 1. The first kappa shape index (κ1) is 16.5. The average Bonchev–Trinajstić information content (AvgIpc) is 2.46. The van der Waals surface area contributed by atoms with E-state index in [1.54, 1.807) is 0 Å². The van der Waals surface area contributed by atoms with Crippen LogP contribution in [0.2, 0.25) is 0 Å². The molecule has 0 radical (unpaired) electrons. The second-order valence-electron chi connectivity index (χ2n) is 4.60. The van der Waals surface area contributed by atoms with Crippen molar-refractivity contribution in [3.8, 4) is 5.75 Å². The number of ether oxygens (including phenoxy) is 2. The van der Waals surface area contributed by atoms with Crippen molar-refractivity contribution in [3.05, 3.63) is 29.8 Å². The predicted octanol–water partition coefficient (Wildman–Crippen LogP) is 3.24. The minimum absolute atomic E-state index is 0.214. The highest BCUT2D eigenvalue weighted by atomic mass is 16.5. The van der Waals surface area contributed by atoms with Crippen LogP contribution in [0.4, 0.5) is 0 Å². The van der Waals surface area contributed by atoms with Gasteiger partial charge in [-0.3, -0.25) is 4.79 Å². The van der Waals surface area contributed by atoms with Gasteiger partial charge in [-0.25, -0.2) is 0 Å². The number of para-hydroxylation sites is 1. The minimum atomic E-state index is -0.712. The zero-order valence-corrected chi connectivity index (χ0v) is 12.3. The van der Waals surface area contributed by atoms with E-state index >= 15 is 0 Å². The Labute approximate surface area is 120 Å². The first-order valence-electron chi connectivity index (χ1n) is 7.24. The highest BCUT2D eigenvalue weighted by Gasteiger charge is 2.15. The van der Waals surface area contributed by atoms with Crippen molar-refractivity contribution in [1.82, 2.24) is 0 Å². The molecule has 0 bridgehead atoms. The molecule has 0 aliphatic carbocycles. The van der Waals surface area contributed by atoms with Crippen molar-refractivity contribution < 1.29 is 19.4 Å². The number of aliphatic hydroxyl groups is 1. The second-order valence-corrected chi connectivity index (χ2v) is 4.60. The summed E-state index contributed by atoms with van der Waals surface area (Å²) in [6.45, 7) is 4.94. The number of rotatable bonds is 9. The maximum Gasteiger partial charge on any atom is 0.305 e. The van der Waals surface area contributed by atoms with Crippen LogP contribution in [-0.4, -0.2) is 24.3 Å². The van der Waals surface area contributed by atoms with Gasteiger partial charge < -0.3 is 14.6 Å². The Bertz CT molecular complexity index is 403. The molecule has 4 nitrogen and oxygen atoms in total. The molecule has 0 fully saturated rings. The van der Waals surface area contributed by atoms with Gasteiger partial charge in [-0.1, -0.05) is 31.5 Å². The summed E-state index contributed by atoms with van der Waals surface area (Å²) in [5.41, 5.74) is 0.718. The number of carbonyl (C=O) groups excluding carboxylic acids is 1. The number of hydrogen-bond acceptors (Lipinski definition) is 4. The molecule has 1 aromatic carbocycles. The molecule has 0 aromatic heterocycles. The van der Waals surface area contributed by atoms with Crippen LogP contribution in [0.1, 0.15) is 51.2 Å². The maximum absolute atomic E-state index is 11.5. The van der Waals surface area contributed by atoms with Crippen molar-refractivity contribution in [2.45, 2.75) is 45.6 Å². The molecule has 1 N–H and O–H groups in total. The molecule has 0 aliphatic heterocycles. The Hall–Kier alpha value is -1.55. The summed E-state index contributed by atoms with van der Waals surface area (Å²) >= 11 is 0. The molecule has 0 heterocycles. The molecule has 4 heteroatoms. The van der Waals surface area contributed by atoms with Gasteiger partial charge in [-0.15, -0.1) is 0 Å². The van der Waals surface area contributed by atoms with Gasteiger partial charge in [0.1, 0.15) is 5.75 Å². The van der Waals surface area contributed by atoms with E-state index in [0.29, 0.717) is 25.4 Å². The normalized spacial score (nSPS) is 11.9. The SMILES string of the molecule is CCCCOC(=O)CCC(O)c1ccccc1OCC. The quantitative estimate of drug-likeness (QED) is 0.557. The third-order valence-corrected chi connectivity index (χ3v) is 2.96. The van der Waals surface area contributed by atoms with Crippen LogP contribution in [0.5, 0.6) is 5.75 Å². The Balaban J connectivity index is 2.46. The molecule has 0 spiro atoms. The molecule has 1 atom stereocenters. The van der Waals surface area contributed by atoms with Gasteiger partial charge in [-0.05, 0) is 25.8 Å². The average molecular weight is 280 g/mol. The lowest BCUT2D eigenvalue weighted by atomic mass is 10.0. The third kappa shape index (κ3) is 5.61. The fourth-order valence-electron chi connectivity index (χ4n) is 1.86. The summed E-state index contributed by atoms with van der Waals surface area (Å²) in [5, 5.41) is 10.2. The molecular formula is C16H24O4. The Morgan fingerprint density at radius 3 is 2.75 bits per heavy atom. The van der Waals surface area contributed by atoms with Crippen molar-refractivity contribution in [2.24, 2.45) is 0 Å². The van der Waals surface area contributed by atoms with Crippen LogP contribution in [-0.2, 0) is 9.53 Å². The van der Waals surface area contributed by atoms with E-state index < -0.39 is 6.10 Å². The Morgan fingerprint density at radius 2 is 2.05 bits per heavy atom. The van der Waals surface area contributed by atoms with Crippen LogP contribution in [0.15, 0.2) is 24.3 Å². The molecular weight excluding hydrogens is 256 g/mol. The highest BCUT2D eigenvalue weighted by molar-refractivity contribution is 5.69. The standard InChI is InChI=1S/C16H24O4/c1-3-5-12-20-16(18)11-10-14(17)13-8-6-7-9-15(13)19-4-2/h6-9,14,17H,3-5,10-12H2,1-2H3. The third-order valence-electron chi connectivity index (χ3n) is 2.96. The summed E-state index contributed by atoms with van der Waals surface area (Å²) in [6.07, 6.45) is 1.72. The van der Waals surface area contributed by atoms with Gasteiger partial charge in [0.2, 0.25) is 0 Å². The van der Waals surface area contributed by atoms with Crippen LogP contribution >= 0.6 is 0 Å². The van der Waals surface area contributed by atoms with Crippen LogP contribution < -0.4 is 4.74 Å². The van der Waals surface area contributed by atoms with Crippen molar-refractivity contribution >= 4 is 5.97 Å². The van der Waals surface area contributed by atoms with E-state index in [1.807, 2.05) is 38.1 Å². The van der Waals surface area contributed by atoms with Crippen molar-refractivity contribution in [1.29, 1.82) is 0 Å². The summed E-state index contributed by atoms with van der Waals surface area (Å²) in [6, 6.07) is 7.35. The Kier molecular flexibility index (Phi) is 7.73. The summed E-state index contributed by atoms with van der Waals surface area (Å²) in [5.74, 6) is 0.410. The lowest BCUT2D eigenvalue weighted by Gasteiger charge is -2.15. The summed E-state index contributed by atoms with van der Waals surface area (Å²) in [4.78, 5) is 11.5. The van der Waals surface area contributed by atoms with Crippen molar-refractivity contribution in [3.63, 3.8) is 0 Å². The largest absolute Gasteiger partial charge is 0.493 e. The van der Waals surface area contributed by atoms with E-state index in [0.717, 1.165) is 18.4 Å². The first-order chi connectivity index (χ1) is 9.69. The van der Waals surface area contributed by atoms with E-state index in [4.69, 9.17) is 9.47 Å². The minimum Gasteiger partial charge on any atom is -0.493 e. The lowest BCUT2D eigenvalue weighted by Crippen LogP contribution is -2.09. The van der Waals surface area contributed by atoms with E-state index in [-0.39, 0.29) is 12.4 Å². The molecule has 1 rings (SSSR count). The molecule has 112 valence electrons. The van der Waals surface area contributed by atoms with E-state index in [9.17, 15) is 9.90 Å². The first-order valence-corrected chi connectivity index (χ1v) is 7.24. The van der Waals surface area contributed by atoms with Crippen molar-refractivity contribution in [2.75, 3.05) is 13.2 Å². The van der Waals surface area contributed by atoms with Gasteiger partial charge in [0.15, 0.2) is 0 Å². The molecule has 0 amide bonds.